The van der Waals surface area contributed by atoms with Crippen molar-refractivity contribution in [3.8, 4) is 0 Å². The van der Waals surface area contributed by atoms with Crippen molar-refractivity contribution in [3.05, 3.63) is 12.2 Å². The van der Waals surface area contributed by atoms with Crippen molar-refractivity contribution >= 4 is 51.1 Å². The summed E-state index contributed by atoms with van der Waals surface area (Å²) >= 11 is 1.53. The first kappa shape index (κ1) is 22.2. The number of amides is 2. The summed E-state index contributed by atoms with van der Waals surface area (Å²) in [6.07, 6.45) is 5.31. The van der Waals surface area contributed by atoms with Crippen LogP contribution < -0.4 is 10.6 Å². The van der Waals surface area contributed by atoms with Crippen LogP contribution in [0.5, 0.6) is 0 Å². The number of nitrogens with one attached hydrogen (secondary N) is 2. The number of rotatable bonds is 4. The number of hydrogen-bond acceptors (Lipinski definition) is 7. The Morgan fingerprint density at radius 1 is 1.36 bits per heavy atom. The predicted octanol–water partition coefficient (Wildman–Crippen LogP) is 0.886. The number of carbonyl (C=O) groups is 3. The van der Waals surface area contributed by atoms with E-state index in [1.54, 1.807) is 12.2 Å². The van der Waals surface area contributed by atoms with Gasteiger partial charge >= 0.3 is 5.97 Å². The van der Waals surface area contributed by atoms with Crippen molar-refractivity contribution in [2.75, 3.05) is 23.5 Å². The lowest BCUT2D eigenvalue weighted by atomic mass is 10.1. The van der Waals surface area contributed by atoms with Crippen LogP contribution in [0.2, 0.25) is 0 Å². The Hall–Kier alpha value is -0.840. The maximum Gasteiger partial charge on any atom is 0.327 e. The van der Waals surface area contributed by atoms with Gasteiger partial charge < -0.3 is 20.8 Å². The Morgan fingerprint density at radius 3 is 2.80 bits per heavy atom. The molecule has 1 aliphatic heterocycles. The first-order chi connectivity index (χ1) is 11.9. The van der Waals surface area contributed by atoms with Crippen molar-refractivity contribution in [3.63, 3.8) is 0 Å². The summed E-state index contributed by atoms with van der Waals surface area (Å²) in [7, 11) is 2.88. The van der Waals surface area contributed by atoms with Crippen LogP contribution in [0, 0.1) is 0 Å². The summed E-state index contributed by atoms with van der Waals surface area (Å²) in [6, 6.07) is -1.83. The quantitative estimate of drug-likeness (QED) is 0.400. The van der Waals surface area contributed by atoms with Gasteiger partial charge in [0.15, 0.2) is 0 Å². The molecular formula is C15H24N2O5S3. The van der Waals surface area contributed by atoms with Crippen LogP contribution in [-0.4, -0.2) is 69.7 Å². The molecule has 0 aromatic heterocycles. The number of aliphatic hydroxyl groups excluding tert-OH is 1. The van der Waals surface area contributed by atoms with Crippen LogP contribution in [0.25, 0.3) is 0 Å². The second-order valence-corrected chi connectivity index (χ2v) is 9.01. The summed E-state index contributed by atoms with van der Waals surface area (Å²) in [5.41, 5.74) is 0. The monoisotopic (exact) mass is 408 g/mol. The minimum Gasteiger partial charge on any atom is -0.480 e. The first-order valence-corrected chi connectivity index (χ1v) is 11.7. The zero-order valence-corrected chi connectivity index (χ0v) is 16.4. The van der Waals surface area contributed by atoms with Crippen molar-refractivity contribution in [2.24, 2.45) is 0 Å². The van der Waals surface area contributed by atoms with E-state index in [-0.39, 0.29) is 12.2 Å². The third kappa shape index (κ3) is 9.43. The highest BCUT2D eigenvalue weighted by Gasteiger charge is 2.26. The van der Waals surface area contributed by atoms with Crippen molar-refractivity contribution < 1.29 is 24.6 Å². The standard InChI is InChI=1S/C15H24N2O5S3/c1-23-7-5-11-14(20)17-12(15(21)22)9-25-24-6-3-2-4-10(18)8-13(19)16-11/h2,4,10-12,18H,3,5-9H2,1H3,(H,16,19)(H,17,20)(H,21,22)/t10?,11-,12-/m1/s1. The summed E-state index contributed by atoms with van der Waals surface area (Å²) < 4.78 is 0. The van der Waals surface area contributed by atoms with Gasteiger partial charge in [0.25, 0.3) is 0 Å². The zero-order valence-electron chi connectivity index (χ0n) is 14.0. The molecular weight excluding hydrogens is 384 g/mol. The van der Waals surface area contributed by atoms with Crippen LogP contribution in [0.4, 0.5) is 0 Å². The number of hydrogen-bond donors (Lipinski definition) is 4. The molecule has 142 valence electrons. The third-order valence-corrected chi connectivity index (χ3v) is 6.41. The van der Waals surface area contributed by atoms with E-state index in [1.807, 2.05) is 6.26 Å². The molecule has 0 radical (unpaired) electrons. The Morgan fingerprint density at radius 2 is 2.12 bits per heavy atom. The van der Waals surface area contributed by atoms with Gasteiger partial charge in [0.05, 0.1) is 12.5 Å². The highest BCUT2D eigenvalue weighted by atomic mass is 33.1. The molecule has 0 aromatic rings. The van der Waals surface area contributed by atoms with Crippen LogP contribution in [0.1, 0.15) is 19.3 Å². The molecule has 0 aromatic carbocycles. The summed E-state index contributed by atoms with van der Waals surface area (Å²) in [5.74, 6) is -0.429. The first-order valence-electron chi connectivity index (χ1n) is 7.84. The molecule has 0 aliphatic carbocycles. The molecule has 3 atom stereocenters. The molecule has 2 amide bonds. The van der Waals surface area contributed by atoms with Gasteiger partial charge in [-0.25, -0.2) is 4.79 Å². The maximum absolute atomic E-state index is 12.4. The van der Waals surface area contributed by atoms with Crippen LogP contribution in [0.3, 0.4) is 0 Å². The van der Waals surface area contributed by atoms with Crippen LogP contribution >= 0.6 is 33.3 Å². The number of carboxylic acids is 1. The lowest BCUT2D eigenvalue weighted by molar-refractivity contribution is -0.141. The number of aliphatic hydroxyl groups is 1. The van der Waals surface area contributed by atoms with E-state index in [0.717, 1.165) is 5.75 Å². The highest BCUT2D eigenvalue weighted by molar-refractivity contribution is 8.76. The Kier molecular flexibility index (Phi) is 11.1. The van der Waals surface area contributed by atoms with E-state index in [2.05, 4.69) is 10.6 Å². The molecule has 1 aliphatic rings. The van der Waals surface area contributed by atoms with E-state index in [0.29, 0.717) is 18.6 Å². The van der Waals surface area contributed by atoms with Crippen molar-refractivity contribution in [1.29, 1.82) is 0 Å². The Balaban J connectivity index is 2.85. The molecule has 0 saturated heterocycles. The lowest BCUT2D eigenvalue weighted by Crippen LogP contribution is -2.52. The predicted molar refractivity (Wildman–Crippen MR) is 104 cm³/mol. The fourth-order valence-electron chi connectivity index (χ4n) is 2.01. The highest BCUT2D eigenvalue weighted by Crippen LogP contribution is 2.23. The largest absolute Gasteiger partial charge is 0.480 e. The normalized spacial score (nSPS) is 26.9. The smallest absolute Gasteiger partial charge is 0.327 e. The SMILES string of the molecule is CSCC[C@H]1NC(=O)CC(O)C=CCCSSC[C@H](C(=O)O)NC1=O. The second-order valence-electron chi connectivity index (χ2n) is 5.40. The van der Waals surface area contributed by atoms with Crippen molar-refractivity contribution in [2.45, 2.75) is 37.5 Å². The van der Waals surface area contributed by atoms with Gasteiger partial charge in [0, 0.05) is 11.5 Å². The molecule has 10 heteroatoms. The molecule has 1 rings (SSSR count). The molecule has 0 bridgehead atoms. The maximum atomic E-state index is 12.4. The number of carbonyl (C=O) groups excluding carboxylic acids is 2. The van der Waals surface area contributed by atoms with Crippen LogP contribution in [-0.2, 0) is 14.4 Å². The minimum atomic E-state index is -1.10. The summed E-state index contributed by atoms with van der Waals surface area (Å²) in [5, 5.41) is 24.2. The van der Waals surface area contributed by atoms with E-state index in [9.17, 15) is 24.6 Å². The fourth-order valence-corrected chi connectivity index (χ4v) is 4.63. The number of carboxylic acid groups (broad SMARTS) is 1. The van der Waals surface area contributed by atoms with Gasteiger partial charge in [-0.2, -0.15) is 11.8 Å². The zero-order chi connectivity index (χ0) is 18.7. The molecule has 0 saturated carbocycles. The second kappa shape index (κ2) is 12.5. The molecule has 25 heavy (non-hydrogen) atoms. The van der Waals surface area contributed by atoms with E-state index in [1.165, 1.54) is 33.3 Å². The lowest BCUT2D eigenvalue weighted by Gasteiger charge is -2.21. The average molecular weight is 409 g/mol. The molecule has 4 N–H and O–H groups in total. The number of thioether (sulfide) groups is 1. The van der Waals surface area contributed by atoms with Gasteiger partial charge in [0.2, 0.25) is 11.8 Å². The Labute approximate surface area is 159 Å². The van der Waals surface area contributed by atoms with Crippen LogP contribution in [0.15, 0.2) is 12.2 Å². The molecule has 1 unspecified atom stereocenters. The minimum absolute atomic E-state index is 0.135. The van der Waals surface area contributed by atoms with Gasteiger partial charge in [-0.1, -0.05) is 33.7 Å². The van der Waals surface area contributed by atoms with E-state index < -0.39 is 36.0 Å². The molecule has 1 heterocycles. The fraction of sp³-hybridized carbons (Fsp3) is 0.667. The van der Waals surface area contributed by atoms with Gasteiger partial charge in [-0.05, 0) is 24.9 Å². The molecule has 0 spiro atoms. The van der Waals surface area contributed by atoms with Gasteiger partial charge in [0.1, 0.15) is 12.1 Å². The van der Waals surface area contributed by atoms with Crippen molar-refractivity contribution in [1.82, 2.24) is 10.6 Å². The number of aliphatic carboxylic acids is 1. The van der Waals surface area contributed by atoms with Gasteiger partial charge in [-0.15, -0.1) is 0 Å². The summed E-state index contributed by atoms with van der Waals surface area (Å²) in [4.78, 5) is 35.8. The topological polar surface area (TPSA) is 116 Å². The average Bonchev–Trinajstić information content (AvgIpc) is 2.55. The van der Waals surface area contributed by atoms with Gasteiger partial charge in [-0.3, -0.25) is 9.59 Å². The Bertz CT molecular complexity index is 490. The van der Waals surface area contributed by atoms with E-state index in [4.69, 9.17) is 0 Å². The number of allylic oxidation sites excluding steroid dienone is 1. The summed E-state index contributed by atoms with van der Waals surface area (Å²) in [6.45, 7) is 0. The van der Waals surface area contributed by atoms with E-state index >= 15 is 0 Å². The molecule has 7 nitrogen and oxygen atoms in total. The third-order valence-electron chi connectivity index (χ3n) is 3.32. The molecule has 0 fully saturated rings.